The van der Waals surface area contributed by atoms with Crippen LogP contribution >= 0.6 is 11.8 Å². The second-order valence-electron chi connectivity index (χ2n) is 4.18. The number of pyridine rings is 1. The van der Waals surface area contributed by atoms with Crippen molar-refractivity contribution in [3.8, 4) is 0 Å². The van der Waals surface area contributed by atoms with Crippen LogP contribution in [0.5, 0.6) is 0 Å². The van der Waals surface area contributed by atoms with Crippen LogP contribution in [0.1, 0.15) is 18.5 Å². The number of carbonyl (C=O) groups is 1. The minimum atomic E-state index is -0.0331. The van der Waals surface area contributed by atoms with Crippen LogP contribution < -0.4 is 5.32 Å². The first kappa shape index (κ1) is 12.4. The van der Waals surface area contributed by atoms with Gasteiger partial charge in [-0.2, -0.15) is 0 Å². The summed E-state index contributed by atoms with van der Waals surface area (Å²) in [5.41, 5.74) is 1.11. The predicted molar refractivity (Wildman–Crippen MR) is 69.7 cm³/mol. The zero-order chi connectivity index (χ0) is 12.3. The van der Waals surface area contributed by atoms with Crippen molar-refractivity contribution in [2.24, 2.45) is 0 Å². The standard InChI is InChI=1S/C12H17N3OS/c1-9(10-3-5-13-6-4-10)15(2)12(16)11-7-17-8-14-11/h3-6,9,11,14H,7-8H2,1-2H3. The molecular formula is C12H17N3OS. The number of aromatic nitrogens is 1. The van der Waals surface area contributed by atoms with E-state index in [-0.39, 0.29) is 18.0 Å². The van der Waals surface area contributed by atoms with Crippen molar-refractivity contribution >= 4 is 17.7 Å². The summed E-state index contributed by atoms with van der Waals surface area (Å²) in [5.74, 6) is 1.90. The normalized spacial score (nSPS) is 21.2. The molecule has 1 aromatic rings. The molecule has 2 rings (SSSR count). The third-order valence-corrected chi connectivity index (χ3v) is 4.07. The van der Waals surface area contributed by atoms with Crippen LogP contribution in [0, 0.1) is 0 Å². The SMILES string of the molecule is CC(c1ccncc1)N(C)C(=O)C1CSCN1. The second kappa shape index (κ2) is 5.51. The molecule has 2 atom stereocenters. The van der Waals surface area contributed by atoms with E-state index < -0.39 is 0 Å². The van der Waals surface area contributed by atoms with Crippen molar-refractivity contribution in [1.29, 1.82) is 0 Å². The lowest BCUT2D eigenvalue weighted by molar-refractivity contribution is -0.133. The molecule has 0 bridgehead atoms. The van der Waals surface area contributed by atoms with Crippen molar-refractivity contribution in [1.82, 2.24) is 15.2 Å². The Hall–Kier alpha value is -1.07. The van der Waals surface area contributed by atoms with E-state index in [0.29, 0.717) is 0 Å². The summed E-state index contributed by atoms with van der Waals surface area (Å²) >= 11 is 1.77. The van der Waals surface area contributed by atoms with E-state index >= 15 is 0 Å². The lowest BCUT2D eigenvalue weighted by Crippen LogP contribution is -2.44. The zero-order valence-electron chi connectivity index (χ0n) is 10.1. The van der Waals surface area contributed by atoms with Gasteiger partial charge in [0, 0.05) is 31.1 Å². The minimum absolute atomic E-state index is 0.0331. The van der Waals surface area contributed by atoms with Gasteiger partial charge in [0.2, 0.25) is 5.91 Å². The summed E-state index contributed by atoms with van der Waals surface area (Å²) in [5, 5.41) is 3.20. The Balaban J connectivity index is 2.04. The summed E-state index contributed by atoms with van der Waals surface area (Å²) in [6.07, 6.45) is 3.52. The fourth-order valence-corrected chi connectivity index (χ4v) is 2.79. The summed E-state index contributed by atoms with van der Waals surface area (Å²) in [6, 6.07) is 3.95. The van der Waals surface area contributed by atoms with Crippen LogP contribution in [-0.2, 0) is 4.79 Å². The summed E-state index contributed by atoms with van der Waals surface area (Å²) < 4.78 is 0. The number of rotatable bonds is 3. The Morgan fingerprint density at radius 3 is 2.88 bits per heavy atom. The number of nitrogens with one attached hydrogen (secondary N) is 1. The van der Waals surface area contributed by atoms with Gasteiger partial charge in [-0.1, -0.05) is 0 Å². The Labute approximate surface area is 106 Å². The molecular weight excluding hydrogens is 234 g/mol. The third-order valence-electron chi connectivity index (χ3n) is 3.13. The van der Waals surface area contributed by atoms with Crippen molar-refractivity contribution in [3.63, 3.8) is 0 Å². The fraction of sp³-hybridized carbons (Fsp3) is 0.500. The van der Waals surface area contributed by atoms with Gasteiger partial charge in [-0.15, -0.1) is 11.8 Å². The van der Waals surface area contributed by atoms with Gasteiger partial charge in [-0.3, -0.25) is 15.1 Å². The van der Waals surface area contributed by atoms with Crippen LogP contribution in [0.25, 0.3) is 0 Å². The molecule has 17 heavy (non-hydrogen) atoms. The van der Waals surface area contributed by atoms with Crippen molar-refractivity contribution in [3.05, 3.63) is 30.1 Å². The molecule has 1 aliphatic heterocycles. The Bertz CT molecular complexity index is 379. The maximum atomic E-state index is 12.2. The highest BCUT2D eigenvalue weighted by atomic mass is 32.2. The average Bonchev–Trinajstić information content (AvgIpc) is 2.91. The zero-order valence-corrected chi connectivity index (χ0v) is 10.9. The number of nitrogens with zero attached hydrogens (tertiary/aromatic N) is 2. The van der Waals surface area contributed by atoms with E-state index in [1.54, 1.807) is 29.1 Å². The molecule has 0 spiro atoms. The monoisotopic (exact) mass is 251 g/mol. The molecule has 1 aliphatic rings. The number of likely N-dealkylation sites (N-methyl/N-ethyl adjacent to an activating group) is 1. The maximum Gasteiger partial charge on any atom is 0.240 e. The number of amides is 1. The highest BCUT2D eigenvalue weighted by molar-refractivity contribution is 7.99. The first-order chi connectivity index (χ1) is 8.20. The summed E-state index contributed by atoms with van der Waals surface area (Å²) in [4.78, 5) is 18.0. The molecule has 1 fully saturated rings. The highest BCUT2D eigenvalue weighted by Gasteiger charge is 2.28. The van der Waals surface area contributed by atoms with Crippen LogP contribution in [0.3, 0.4) is 0 Å². The largest absolute Gasteiger partial charge is 0.338 e. The molecule has 1 aromatic heterocycles. The molecule has 1 amide bonds. The number of carbonyl (C=O) groups excluding carboxylic acids is 1. The smallest absolute Gasteiger partial charge is 0.240 e. The molecule has 0 saturated carbocycles. The van der Waals surface area contributed by atoms with E-state index in [1.807, 2.05) is 26.1 Å². The number of hydrogen-bond donors (Lipinski definition) is 1. The maximum absolute atomic E-state index is 12.2. The van der Waals surface area contributed by atoms with Gasteiger partial charge in [-0.05, 0) is 24.6 Å². The van der Waals surface area contributed by atoms with E-state index in [0.717, 1.165) is 17.2 Å². The average molecular weight is 251 g/mol. The Kier molecular flexibility index (Phi) is 4.02. The lowest BCUT2D eigenvalue weighted by atomic mass is 10.1. The van der Waals surface area contributed by atoms with Gasteiger partial charge in [-0.25, -0.2) is 0 Å². The van der Waals surface area contributed by atoms with E-state index in [1.165, 1.54) is 0 Å². The first-order valence-corrected chi connectivity index (χ1v) is 6.83. The Morgan fingerprint density at radius 2 is 2.29 bits per heavy atom. The van der Waals surface area contributed by atoms with Crippen molar-refractivity contribution in [2.45, 2.75) is 19.0 Å². The van der Waals surface area contributed by atoms with Gasteiger partial charge in [0.1, 0.15) is 0 Å². The minimum Gasteiger partial charge on any atom is -0.338 e. The van der Waals surface area contributed by atoms with Crippen LogP contribution in [0.4, 0.5) is 0 Å². The summed E-state index contributed by atoms with van der Waals surface area (Å²) in [6.45, 7) is 2.04. The second-order valence-corrected chi connectivity index (χ2v) is 5.21. The molecule has 0 aliphatic carbocycles. The third kappa shape index (κ3) is 2.79. The molecule has 92 valence electrons. The van der Waals surface area contributed by atoms with E-state index in [4.69, 9.17) is 0 Å². The number of hydrogen-bond acceptors (Lipinski definition) is 4. The quantitative estimate of drug-likeness (QED) is 0.878. The number of thioether (sulfide) groups is 1. The van der Waals surface area contributed by atoms with Crippen molar-refractivity contribution < 1.29 is 4.79 Å². The van der Waals surface area contributed by atoms with Crippen LogP contribution in [-0.4, -0.2) is 40.5 Å². The van der Waals surface area contributed by atoms with Gasteiger partial charge in [0.25, 0.3) is 0 Å². The molecule has 5 heteroatoms. The summed E-state index contributed by atoms with van der Waals surface area (Å²) in [7, 11) is 1.86. The predicted octanol–water partition coefficient (Wildman–Crippen LogP) is 1.26. The van der Waals surface area contributed by atoms with Crippen LogP contribution in [0.15, 0.2) is 24.5 Å². The van der Waals surface area contributed by atoms with E-state index in [2.05, 4.69) is 10.3 Å². The van der Waals surface area contributed by atoms with Crippen molar-refractivity contribution in [2.75, 3.05) is 18.7 Å². The fourth-order valence-electron chi connectivity index (χ4n) is 1.86. The molecule has 1 saturated heterocycles. The van der Waals surface area contributed by atoms with Gasteiger partial charge >= 0.3 is 0 Å². The molecule has 0 aromatic carbocycles. The molecule has 0 radical (unpaired) electrons. The van der Waals surface area contributed by atoms with Gasteiger partial charge in [0.05, 0.1) is 12.1 Å². The highest BCUT2D eigenvalue weighted by Crippen LogP contribution is 2.20. The Morgan fingerprint density at radius 1 is 1.59 bits per heavy atom. The molecule has 2 unspecified atom stereocenters. The lowest BCUT2D eigenvalue weighted by Gasteiger charge is -2.27. The van der Waals surface area contributed by atoms with Gasteiger partial charge in [0.15, 0.2) is 0 Å². The van der Waals surface area contributed by atoms with Gasteiger partial charge < -0.3 is 4.90 Å². The molecule has 4 nitrogen and oxygen atoms in total. The van der Waals surface area contributed by atoms with E-state index in [9.17, 15) is 4.79 Å². The first-order valence-electron chi connectivity index (χ1n) is 5.68. The van der Waals surface area contributed by atoms with Crippen LogP contribution in [0.2, 0.25) is 0 Å². The molecule has 1 N–H and O–H groups in total. The molecule has 2 heterocycles. The topological polar surface area (TPSA) is 45.2 Å².